The highest BCUT2D eigenvalue weighted by Crippen LogP contribution is 2.24. The maximum atomic E-state index is 12.3. The Kier molecular flexibility index (Phi) is 3.55. The number of carbonyl (C=O) groups is 2. The van der Waals surface area contributed by atoms with Crippen molar-refractivity contribution in [2.75, 3.05) is 11.9 Å². The maximum absolute atomic E-state index is 12.3. The summed E-state index contributed by atoms with van der Waals surface area (Å²) in [5, 5.41) is 10.9. The van der Waals surface area contributed by atoms with Gasteiger partial charge < -0.3 is 10.2 Å². The second-order valence-electron chi connectivity index (χ2n) is 5.13. The van der Waals surface area contributed by atoms with E-state index >= 15 is 0 Å². The fourth-order valence-electron chi connectivity index (χ4n) is 2.70. The average Bonchev–Trinajstić information content (AvgIpc) is 3.06. The highest BCUT2D eigenvalue weighted by atomic mass is 35.5. The van der Waals surface area contributed by atoms with Crippen LogP contribution in [-0.2, 0) is 9.59 Å². The van der Waals surface area contributed by atoms with Gasteiger partial charge in [0.15, 0.2) is 0 Å². The summed E-state index contributed by atoms with van der Waals surface area (Å²) in [6, 6.07) is 4.94. The first kappa shape index (κ1) is 13.9. The van der Waals surface area contributed by atoms with Gasteiger partial charge in [-0.2, -0.15) is 5.10 Å². The van der Waals surface area contributed by atoms with Crippen LogP contribution in [0.4, 0.5) is 5.69 Å². The molecule has 3 rings (SSSR count). The number of anilines is 1. The number of fused-ring (bicyclic) bond motifs is 1. The Hall–Kier alpha value is -2.08. The summed E-state index contributed by atoms with van der Waals surface area (Å²) >= 11 is 5.94. The van der Waals surface area contributed by atoms with Gasteiger partial charge in [-0.1, -0.05) is 11.6 Å². The predicted octanol–water partition coefficient (Wildman–Crippen LogP) is 2.17. The average molecular weight is 307 g/mol. The number of halogens is 1. The Morgan fingerprint density at radius 3 is 3.05 bits per heavy atom. The lowest BCUT2D eigenvalue weighted by atomic mass is 10.2. The topological polar surface area (TPSA) is 78.1 Å². The second-order valence-corrected chi connectivity index (χ2v) is 5.51. The molecule has 1 aliphatic heterocycles. The Bertz CT molecular complexity index is 712. The summed E-state index contributed by atoms with van der Waals surface area (Å²) in [5.74, 6) is -0.231. The molecule has 1 aromatic carbocycles. The maximum Gasteiger partial charge on any atom is 0.247 e. The lowest BCUT2D eigenvalue weighted by Crippen LogP contribution is -2.42. The third-order valence-corrected chi connectivity index (χ3v) is 4.02. The SMILES string of the molecule is CC(=O)N1CCC[C@H]1C(=O)Nc1ccc2c(Cl)[nH]nc2c1. The van der Waals surface area contributed by atoms with E-state index in [0.717, 1.165) is 11.8 Å². The van der Waals surface area contributed by atoms with E-state index < -0.39 is 0 Å². The monoisotopic (exact) mass is 306 g/mol. The Morgan fingerprint density at radius 2 is 2.29 bits per heavy atom. The quantitative estimate of drug-likeness (QED) is 0.892. The van der Waals surface area contributed by atoms with Crippen molar-refractivity contribution in [2.45, 2.75) is 25.8 Å². The molecule has 0 radical (unpaired) electrons. The zero-order valence-corrected chi connectivity index (χ0v) is 12.3. The van der Waals surface area contributed by atoms with Crippen LogP contribution in [0.5, 0.6) is 0 Å². The van der Waals surface area contributed by atoms with Crippen molar-refractivity contribution in [1.82, 2.24) is 15.1 Å². The summed E-state index contributed by atoms with van der Waals surface area (Å²) in [4.78, 5) is 25.4. The van der Waals surface area contributed by atoms with E-state index in [1.54, 1.807) is 23.1 Å². The van der Waals surface area contributed by atoms with E-state index in [-0.39, 0.29) is 17.9 Å². The van der Waals surface area contributed by atoms with E-state index in [9.17, 15) is 9.59 Å². The van der Waals surface area contributed by atoms with Gasteiger partial charge in [0, 0.05) is 24.5 Å². The molecule has 1 saturated heterocycles. The van der Waals surface area contributed by atoms with Crippen LogP contribution in [0, 0.1) is 0 Å². The molecule has 6 nitrogen and oxygen atoms in total. The van der Waals surface area contributed by atoms with Crippen molar-refractivity contribution in [3.05, 3.63) is 23.4 Å². The lowest BCUT2D eigenvalue weighted by molar-refractivity contribution is -0.134. The van der Waals surface area contributed by atoms with Crippen molar-refractivity contribution in [1.29, 1.82) is 0 Å². The van der Waals surface area contributed by atoms with E-state index in [2.05, 4.69) is 15.5 Å². The van der Waals surface area contributed by atoms with E-state index in [0.29, 0.717) is 29.3 Å². The van der Waals surface area contributed by atoms with Crippen LogP contribution in [0.1, 0.15) is 19.8 Å². The van der Waals surface area contributed by atoms with Crippen molar-refractivity contribution in [3.8, 4) is 0 Å². The number of aromatic nitrogens is 2. The van der Waals surface area contributed by atoms with Crippen LogP contribution < -0.4 is 5.32 Å². The number of hydrogen-bond acceptors (Lipinski definition) is 3. The Balaban J connectivity index is 1.78. The molecule has 1 atom stereocenters. The molecule has 1 aromatic heterocycles. The standard InChI is InChI=1S/C14H15ClN4O2/c1-8(20)19-6-2-3-12(19)14(21)16-9-4-5-10-11(7-9)17-18-13(10)15/h4-5,7,12H,2-3,6H2,1H3,(H,16,21)(H,17,18)/t12-/m0/s1. The van der Waals surface area contributed by atoms with Gasteiger partial charge in [-0.3, -0.25) is 14.7 Å². The van der Waals surface area contributed by atoms with Crippen LogP contribution >= 0.6 is 11.6 Å². The van der Waals surface area contributed by atoms with Gasteiger partial charge in [0.2, 0.25) is 11.8 Å². The van der Waals surface area contributed by atoms with Crippen LogP contribution in [0.2, 0.25) is 5.15 Å². The zero-order valence-electron chi connectivity index (χ0n) is 11.5. The molecule has 0 saturated carbocycles. The third-order valence-electron chi connectivity index (χ3n) is 3.74. The molecule has 0 bridgehead atoms. The number of carbonyl (C=O) groups excluding carboxylic acids is 2. The summed E-state index contributed by atoms with van der Waals surface area (Å²) in [6.45, 7) is 2.13. The van der Waals surface area contributed by atoms with Gasteiger partial charge in [-0.25, -0.2) is 0 Å². The van der Waals surface area contributed by atoms with Gasteiger partial charge >= 0.3 is 0 Å². The summed E-state index contributed by atoms with van der Waals surface area (Å²) in [7, 11) is 0. The molecule has 0 aliphatic carbocycles. The summed E-state index contributed by atoms with van der Waals surface area (Å²) in [5.41, 5.74) is 1.33. The number of hydrogen-bond donors (Lipinski definition) is 2. The molecule has 110 valence electrons. The molecule has 2 aromatic rings. The van der Waals surface area contributed by atoms with Gasteiger partial charge in [0.1, 0.15) is 11.2 Å². The van der Waals surface area contributed by atoms with Crippen LogP contribution in [0.3, 0.4) is 0 Å². The van der Waals surface area contributed by atoms with Crippen molar-refractivity contribution in [2.24, 2.45) is 0 Å². The molecule has 2 heterocycles. The molecule has 2 amide bonds. The van der Waals surface area contributed by atoms with Crippen molar-refractivity contribution >= 4 is 40.0 Å². The first-order valence-electron chi connectivity index (χ1n) is 6.78. The molecule has 0 unspecified atom stereocenters. The number of benzene rings is 1. The number of rotatable bonds is 2. The molecule has 0 spiro atoms. The number of nitrogens with one attached hydrogen (secondary N) is 2. The largest absolute Gasteiger partial charge is 0.331 e. The highest BCUT2D eigenvalue weighted by Gasteiger charge is 2.32. The van der Waals surface area contributed by atoms with Crippen molar-refractivity contribution < 1.29 is 9.59 Å². The first-order valence-corrected chi connectivity index (χ1v) is 7.16. The number of nitrogens with zero attached hydrogens (tertiary/aromatic N) is 2. The van der Waals surface area contributed by atoms with Crippen LogP contribution in [-0.4, -0.2) is 39.5 Å². The molecule has 21 heavy (non-hydrogen) atoms. The summed E-state index contributed by atoms with van der Waals surface area (Å²) in [6.07, 6.45) is 1.55. The molecule has 2 N–H and O–H groups in total. The summed E-state index contributed by atoms with van der Waals surface area (Å²) < 4.78 is 0. The Morgan fingerprint density at radius 1 is 1.48 bits per heavy atom. The van der Waals surface area contributed by atoms with Gasteiger partial charge in [-0.15, -0.1) is 0 Å². The fraction of sp³-hybridized carbons (Fsp3) is 0.357. The molecule has 1 aliphatic rings. The van der Waals surface area contributed by atoms with Crippen LogP contribution in [0.25, 0.3) is 10.9 Å². The van der Waals surface area contributed by atoms with E-state index in [1.165, 1.54) is 6.92 Å². The Labute approximate surface area is 126 Å². The van der Waals surface area contributed by atoms with Gasteiger partial charge in [0.05, 0.1) is 5.52 Å². The molecular weight excluding hydrogens is 292 g/mol. The number of H-pyrrole nitrogens is 1. The fourth-order valence-corrected chi connectivity index (χ4v) is 2.90. The molecule has 7 heteroatoms. The lowest BCUT2D eigenvalue weighted by Gasteiger charge is -2.22. The zero-order chi connectivity index (χ0) is 15.0. The number of aromatic amines is 1. The molecular formula is C14H15ClN4O2. The first-order chi connectivity index (χ1) is 10.1. The van der Waals surface area contributed by atoms with Crippen molar-refractivity contribution in [3.63, 3.8) is 0 Å². The minimum absolute atomic E-state index is 0.0674. The van der Waals surface area contributed by atoms with Crippen LogP contribution in [0.15, 0.2) is 18.2 Å². The third kappa shape index (κ3) is 2.58. The van der Waals surface area contributed by atoms with Gasteiger partial charge in [0.25, 0.3) is 0 Å². The van der Waals surface area contributed by atoms with Gasteiger partial charge in [-0.05, 0) is 31.0 Å². The smallest absolute Gasteiger partial charge is 0.247 e. The minimum atomic E-state index is -0.388. The van der Waals surface area contributed by atoms with E-state index in [1.807, 2.05) is 0 Å². The number of likely N-dealkylation sites (tertiary alicyclic amines) is 1. The van der Waals surface area contributed by atoms with E-state index in [4.69, 9.17) is 11.6 Å². The second kappa shape index (κ2) is 5.37. The number of amides is 2. The molecule has 1 fully saturated rings. The highest BCUT2D eigenvalue weighted by molar-refractivity contribution is 6.34. The minimum Gasteiger partial charge on any atom is -0.331 e. The normalized spacial score (nSPS) is 18.2. The predicted molar refractivity (Wildman–Crippen MR) is 80.1 cm³/mol.